The van der Waals surface area contributed by atoms with Crippen LogP contribution in [0.3, 0.4) is 0 Å². The summed E-state index contributed by atoms with van der Waals surface area (Å²) in [6, 6.07) is 18.9. The Morgan fingerprint density at radius 2 is 1.66 bits per heavy atom. The fraction of sp³-hybridized carbons (Fsp3) is 0.333. The topological polar surface area (TPSA) is 132 Å². The number of hydrogen-bond acceptors (Lipinski definition) is 9. The number of rotatable bonds is 9. The zero-order valence-electron chi connectivity index (χ0n) is 18.4. The van der Waals surface area contributed by atoms with Gasteiger partial charge in [0.15, 0.2) is 0 Å². The van der Waals surface area contributed by atoms with Crippen molar-refractivity contribution in [1.82, 2.24) is 0 Å². The van der Waals surface area contributed by atoms with Crippen molar-refractivity contribution in [2.24, 2.45) is 0 Å². The molecule has 1 aliphatic heterocycles. The molecule has 0 radical (unpaired) electrons. The van der Waals surface area contributed by atoms with Gasteiger partial charge in [-0.2, -0.15) is 8.42 Å². The highest BCUT2D eigenvalue weighted by Crippen LogP contribution is 2.28. The molecule has 11 heteroatoms. The molecule has 35 heavy (non-hydrogen) atoms. The first-order valence-corrected chi connectivity index (χ1v) is 13.3. The van der Waals surface area contributed by atoms with E-state index in [-0.39, 0.29) is 18.1 Å². The molecule has 0 spiro atoms. The van der Waals surface area contributed by atoms with Crippen LogP contribution in [0.4, 0.5) is 0 Å². The Balaban J connectivity index is 1.51. The van der Waals surface area contributed by atoms with Gasteiger partial charge in [0.2, 0.25) is 6.29 Å². The third-order valence-corrected chi connectivity index (χ3v) is 7.50. The zero-order chi connectivity index (χ0) is 25.0. The lowest BCUT2D eigenvalue weighted by molar-refractivity contribution is -0.285. The van der Waals surface area contributed by atoms with Crippen LogP contribution in [0, 0.1) is 3.57 Å². The first-order chi connectivity index (χ1) is 16.8. The Morgan fingerprint density at radius 3 is 2.37 bits per heavy atom. The fourth-order valence-corrected chi connectivity index (χ4v) is 5.03. The van der Waals surface area contributed by atoms with Gasteiger partial charge in [0.1, 0.15) is 30.2 Å². The minimum Gasteiger partial charge on any atom is -0.462 e. The molecule has 1 heterocycles. The number of halogens is 1. The predicted molar refractivity (Wildman–Crippen MR) is 134 cm³/mol. The van der Waals surface area contributed by atoms with Crippen molar-refractivity contribution < 1.29 is 42.1 Å². The van der Waals surface area contributed by atoms with Crippen LogP contribution in [0.2, 0.25) is 0 Å². The summed E-state index contributed by atoms with van der Waals surface area (Å²) in [7, 11) is -4.18. The fourth-order valence-electron chi connectivity index (χ4n) is 3.72. The molecule has 0 saturated carbocycles. The monoisotopic (exact) mass is 616 g/mol. The quantitative estimate of drug-likeness (QED) is 0.244. The Labute approximate surface area is 216 Å². The van der Waals surface area contributed by atoms with Gasteiger partial charge in [-0.05, 0) is 69.8 Å². The van der Waals surface area contributed by atoms with Crippen molar-refractivity contribution in [3.05, 3.63) is 70.3 Å². The summed E-state index contributed by atoms with van der Waals surface area (Å²) in [5.74, 6) is 0.398. The van der Waals surface area contributed by atoms with Gasteiger partial charge in [-0.1, -0.05) is 30.3 Å². The van der Waals surface area contributed by atoms with Crippen molar-refractivity contribution >= 4 is 43.5 Å². The number of ether oxygens (including phenoxy) is 3. The van der Waals surface area contributed by atoms with Crippen LogP contribution in [0.5, 0.6) is 5.75 Å². The molecule has 3 aromatic rings. The second kappa shape index (κ2) is 11.5. The average molecular weight is 616 g/mol. The highest BCUT2D eigenvalue weighted by molar-refractivity contribution is 14.1. The average Bonchev–Trinajstić information content (AvgIpc) is 2.86. The summed E-state index contributed by atoms with van der Waals surface area (Å²) >= 11 is 2.14. The van der Waals surface area contributed by atoms with Gasteiger partial charge in [0.25, 0.3) is 10.1 Å². The minimum absolute atomic E-state index is 0.0405. The highest BCUT2D eigenvalue weighted by atomic mass is 127. The molecular weight excluding hydrogens is 591 g/mol. The predicted octanol–water partition coefficient (Wildman–Crippen LogP) is 2.05. The molecule has 1 aliphatic rings. The van der Waals surface area contributed by atoms with E-state index in [1.54, 1.807) is 42.5 Å². The minimum atomic E-state index is -4.18. The molecule has 1 fully saturated rings. The van der Waals surface area contributed by atoms with Crippen LogP contribution in [0.15, 0.2) is 71.6 Å². The van der Waals surface area contributed by atoms with Crippen LogP contribution < -0.4 is 4.74 Å². The SMILES string of the molecule is O=S(=O)(OC[C@H]1O[C@@H](Oc2ccc(I)cc2)[C@H](O)[C@@H](OCCO)[C@@H]1O)c1ccc2ccccc2c1. The number of hydrogen-bond donors (Lipinski definition) is 3. The highest BCUT2D eigenvalue weighted by Gasteiger charge is 2.47. The van der Waals surface area contributed by atoms with E-state index in [1.807, 2.05) is 12.1 Å². The molecule has 188 valence electrons. The lowest BCUT2D eigenvalue weighted by Crippen LogP contribution is -2.61. The Bertz CT molecular complexity index is 1240. The van der Waals surface area contributed by atoms with Crippen LogP contribution in [-0.4, -0.2) is 74.3 Å². The standard InChI is InChI=1S/C24H25IO9S/c25-17-6-8-18(9-7-17)33-24-22(28)23(31-12-11-26)21(27)20(34-24)14-32-35(29,30)19-10-5-15-3-1-2-4-16(15)13-19/h1-10,13,20-24,26-28H,11-12,14H2/t20-,21-,22-,23+,24-/m1/s1. The number of aliphatic hydroxyl groups is 3. The summed E-state index contributed by atoms with van der Waals surface area (Å²) in [5.41, 5.74) is 0. The maximum atomic E-state index is 12.8. The molecular formula is C24H25IO9S. The Morgan fingerprint density at radius 1 is 0.943 bits per heavy atom. The zero-order valence-corrected chi connectivity index (χ0v) is 21.4. The molecule has 0 amide bonds. The van der Waals surface area contributed by atoms with E-state index in [1.165, 1.54) is 12.1 Å². The van der Waals surface area contributed by atoms with E-state index in [2.05, 4.69) is 22.6 Å². The van der Waals surface area contributed by atoms with Crippen molar-refractivity contribution in [2.45, 2.75) is 35.6 Å². The van der Waals surface area contributed by atoms with Crippen molar-refractivity contribution in [3.63, 3.8) is 0 Å². The van der Waals surface area contributed by atoms with Gasteiger partial charge < -0.3 is 29.5 Å². The summed E-state index contributed by atoms with van der Waals surface area (Å²) in [4.78, 5) is -0.0405. The molecule has 0 bridgehead atoms. The molecule has 0 unspecified atom stereocenters. The van der Waals surface area contributed by atoms with Gasteiger partial charge >= 0.3 is 0 Å². The van der Waals surface area contributed by atoms with Crippen LogP contribution in [0.25, 0.3) is 10.8 Å². The van der Waals surface area contributed by atoms with Gasteiger partial charge in [0.05, 0.1) is 24.7 Å². The van der Waals surface area contributed by atoms with E-state index in [0.717, 1.165) is 14.3 Å². The van der Waals surface area contributed by atoms with Gasteiger partial charge in [0, 0.05) is 3.57 Å². The first-order valence-electron chi connectivity index (χ1n) is 10.8. The van der Waals surface area contributed by atoms with Gasteiger partial charge in [-0.3, -0.25) is 4.18 Å². The van der Waals surface area contributed by atoms with Crippen molar-refractivity contribution in [1.29, 1.82) is 0 Å². The molecule has 5 atom stereocenters. The molecule has 3 aromatic carbocycles. The first kappa shape index (κ1) is 26.2. The summed E-state index contributed by atoms with van der Waals surface area (Å²) < 4.78 is 48.7. The van der Waals surface area contributed by atoms with E-state index >= 15 is 0 Å². The summed E-state index contributed by atoms with van der Waals surface area (Å²) in [5, 5.41) is 32.2. The number of fused-ring (bicyclic) bond motifs is 1. The molecule has 3 N–H and O–H groups in total. The lowest BCUT2D eigenvalue weighted by atomic mass is 9.99. The van der Waals surface area contributed by atoms with Crippen LogP contribution >= 0.6 is 22.6 Å². The Hall–Kier alpha value is -1.84. The van der Waals surface area contributed by atoms with Gasteiger partial charge in [-0.25, -0.2) is 0 Å². The maximum Gasteiger partial charge on any atom is 0.297 e. The van der Waals surface area contributed by atoms with E-state index < -0.39 is 47.4 Å². The lowest BCUT2D eigenvalue weighted by Gasteiger charge is -2.41. The van der Waals surface area contributed by atoms with E-state index in [9.17, 15) is 18.6 Å². The Kier molecular flexibility index (Phi) is 8.60. The van der Waals surface area contributed by atoms with E-state index in [4.69, 9.17) is 23.5 Å². The van der Waals surface area contributed by atoms with Crippen molar-refractivity contribution in [2.75, 3.05) is 19.8 Å². The molecule has 0 aliphatic carbocycles. The second-order valence-electron chi connectivity index (χ2n) is 7.90. The van der Waals surface area contributed by atoms with E-state index in [0.29, 0.717) is 5.75 Å². The summed E-state index contributed by atoms with van der Waals surface area (Å²) in [6.45, 7) is -1.04. The smallest absolute Gasteiger partial charge is 0.297 e. The normalized spacial score (nSPS) is 25.0. The van der Waals surface area contributed by atoms with Crippen LogP contribution in [-0.2, 0) is 23.8 Å². The third kappa shape index (κ3) is 6.30. The largest absolute Gasteiger partial charge is 0.462 e. The molecule has 9 nitrogen and oxygen atoms in total. The van der Waals surface area contributed by atoms with Crippen molar-refractivity contribution in [3.8, 4) is 5.75 Å². The third-order valence-electron chi connectivity index (χ3n) is 5.51. The molecule has 4 rings (SSSR count). The maximum absolute atomic E-state index is 12.8. The molecule has 1 saturated heterocycles. The number of benzene rings is 3. The second-order valence-corrected chi connectivity index (χ2v) is 10.8. The summed E-state index contributed by atoms with van der Waals surface area (Å²) in [6.07, 6.45) is -6.55. The van der Waals surface area contributed by atoms with Crippen LogP contribution in [0.1, 0.15) is 0 Å². The molecule has 0 aromatic heterocycles. The number of aliphatic hydroxyl groups excluding tert-OH is 3. The van der Waals surface area contributed by atoms with Gasteiger partial charge in [-0.15, -0.1) is 0 Å².